The molecule has 1 aliphatic heterocycles. The molecule has 0 radical (unpaired) electrons. The van der Waals surface area contributed by atoms with Gasteiger partial charge < -0.3 is 10.2 Å². The van der Waals surface area contributed by atoms with Crippen molar-refractivity contribution in [2.24, 2.45) is 5.92 Å². The Hall–Kier alpha value is -1.36. The Morgan fingerprint density at radius 3 is 2.71 bits per heavy atom. The molecule has 0 spiro atoms. The van der Waals surface area contributed by atoms with E-state index in [1.54, 1.807) is 16.2 Å². The molecule has 3 unspecified atom stereocenters. The van der Waals surface area contributed by atoms with Crippen molar-refractivity contribution in [2.75, 3.05) is 6.54 Å². The van der Waals surface area contributed by atoms with Crippen molar-refractivity contribution in [1.29, 1.82) is 0 Å². The highest BCUT2D eigenvalue weighted by Crippen LogP contribution is 2.20. The van der Waals surface area contributed by atoms with Crippen LogP contribution in [-0.4, -0.2) is 35.3 Å². The second kappa shape index (κ2) is 7.07. The fourth-order valence-electron chi connectivity index (χ4n) is 2.76. The maximum absolute atomic E-state index is 12.7. The van der Waals surface area contributed by atoms with Gasteiger partial charge in [-0.05, 0) is 41.1 Å². The van der Waals surface area contributed by atoms with Crippen LogP contribution in [0.4, 0.5) is 0 Å². The summed E-state index contributed by atoms with van der Waals surface area (Å²) in [5.41, 5.74) is 1.23. The molecule has 1 aliphatic rings. The lowest BCUT2D eigenvalue weighted by molar-refractivity contribution is -0.150. The molecule has 1 aromatic rings. The van der Waals surface area contributed by atoms with Gasteiger partial charge in [0, 0.05) is 6.54 Å². The molecule has 21 heavy (non-hydrogen) atoms. The van der Waals surface area contributed by atoms with Gasteiger partial charge >= 0.3 is 0 Å². The topological polar surface area (TPSA) is 49.4 Å². The smallest absolute Gasteiger partial charge is 0.246 e. The van der Waals surface area contributed by atoms with Crippen molar-refractivity contribution < 1.29 is 9.59 Å². The van der Waals surface area contributed by atoms with Crippen LogP contribution >= 0.6 is 11.3 Å². The largest absolute Gasteiger partial charge is 0.342 e. The summed E-state index contributed by atoms with van der Waals surface area (Å²) in [5, 5.41) is 7.05. The molecule has 2 amide bonds. The lowest BCUT2D eigenvalue weighted by Crippen LogP contribution is -2.65. The van der Waals surface area contributed by atoms with Crippen LogP contribution in [0.5, 0.6) is 0 Å². The number of carbonyl (C=O) groups is 2. The van der Waals surface area contributed by atoms with Gasteiger partial charge in [-0.2, -0.15) is 11.3 Å². The molecule has 1 N–H and O–H groups in total. The quantitative estimate of drug-likeness (QED) is 0.877. The second-order valence-corrected chi connectivity index (χ2v) is 6.49. The monoisotopic (exact) mass is 308 g/mol. The third-order valence-corrected chi connectivity index (χ3v) is 5.08. The van der Waals surface area contributed by atoms with E-state index in [2.05, 4.69) is 16.8 Å². The molecule has 0 saturated carbocycles. The van der Waals surface area contributed by atoms with E-state index < -0.39 is 0 Å². The molecule has 0 bridgehead atoms. The van der Waals surface area contributed by atoms with Crippen LogP contribution in [0.1, 0.15) is 39.2 Å². The minimum Gasteiger partial charge on any atom is -0.342 e. The molecule has 0 aliphatic carbocycles. The van der Waals surface area contributed by atoms with E-state index in [1.807, 2.05) is 26.2 Å². The van der Waals surface area contributed by atoms with Crippen LogP contribution in [-0.2, 0) is 16.0 Å². The Morgan fingerprint density at radius 2 is 2.14 bits per heavy atom. The van der Waals surface area contributed by atoms with E-state index >= 15 is 0 Å². The molecular weight excluding hydrogens is 284 g/mol. The van der Waals surface area contributed by atoms with Crippen molar-refractivity contribution in [3.8, 4) is 0 Å². The Kier molecular flexibility index (Phi) is 5.39. The Balaban J connectivity index is 2.12. The van der Waals surface area contributed by atoms with Crippen LogP contribution in [0.15, 0.2) is 16.8 Å². The van der Waals surface area contributed by atoms with Gasteiger partial charge in [-0.25, -0.2) is 0 Å². The van der Waals surface area contributed by atoms with E-state index in [4.69, 9.17) is 0 Å². The normalized spacial score (nSPS) is 24.0. The molecule has 2 heterocycles. The number of nitrogens with one attached hydrogen (secondary N) is 1. The number of thiophene rings is 1. The van der Waals surface area contributed by atoms with Gasteiger partial charge in [-0.15, -0.1) is 0 Å². The van der Waals surface area contributed by atoms with E-state index in [-0.39, 0.29) is 29.8 Å². The van der Waals surface area contributed by atoms with Crippen LogP contribution in [0, 0.1) is 5.92 Å². The van der Waals surface area contributed by atoms with Crippen molar-refractivity contribution in [3.05, 3.63) is 22.4 Å². The van der Waals surface area contributed by atoms with Crippen LogP contribution in [0.3, 0.4) is 0 Å². The number of hydrogen-bond acceptors (Lipinski definition) is 3. The first-order valence-corrected chi connectivity index (χ1v) is 8.64. The zero-order chi connectivity index (χ0) is 15.4. The Bertz CT molecular complexity index is 486. The molecule has 2 rings (SSSR count). The zero-order valence-electron chi connectivity index (χ0n) is 13.0. The average Bonchev–Trinajstić information content (AvgIpc) is 3.00. The number of hydrogen-bond donors (Lipinski definition) is 1. The maximum Gasteiger partial charge on any atom is 0.246 e. The van der Waals surface area contributed by atoms with Crippen molar-refractivity contribution >= 4 is 23.2 Å². The molecule has 1 saturated heterocycles. The summed E-state index contributed by atoms with van der Waals surface area (Å²) in [4.78, 5) is 26.8. The van der Waals surface area contributed by atoms with Gasteiger partial charge in [0.05, 0.1) is 0 Å². The summed E-state index contributed by atoms with van der Waals surface area (Å²) in [6, 6.07) is 1.39. The predicted molar refractivity (Wildman–Crippen MR) is 85.2 cm³/mol. The maximum atomic E-state index is 12.7. The second-order valence-electron chi connectivity index (χ2n) is 5.71. The fourth-order valence-corrected chi connectivity index (χ4v) is 3.47. The van der Waals surface area contributed by atoms with Gasteiger partial charge in [-0.1, -0.05) is 27.2 Å². The third-order valence-electron chi connectivity index (χ3n) is 4.35. The standard InChI is InChI=1S/C16H24N2O2S/c1-4-11(3)14-16(20)18(13(5-2)15(19)17-14)8-6-12-7-9-21-10-12/h7,9-11,13-14H,4-6,8H2,1-3H3,(H,17,19). The minimum absolute atomic E-state index is 0.00674. The first-order chi connectivity index (χ1) is 10.1. The number of amides is 2. The van der Waals surface area contributed by atoms with E-state index in [9.17, 15) is 9.59 Å². The van der Waals surface area contributed by atoms with E-state index in [1.165, 1.54) is 5.56 Å². The summed E-state index contributed by atoms with van der Waals surface area (Å²) in [6.45, 7) is 6.64. The lowest BCUT2D eigenvalue weighted by atomic mass is 9.93. The summed E-state index contributed by atoms with van der Waals surface area (Å²) >= 11 is 1.66. The van der Waals surface area contributed by atoms with Gasteiger partial charge in [0.2, 0.25) is 11.8 Å². The highest BCUT2D eigenvalue weighted by atomic mass is 32.1. The zero-order valence-corrected chi connectivity index (χ0v) is 13.8. The first-order valence-electron chi connectivity index (χ1n) is 7.70. The first kappa shape index (κ1) is 16.0. The SMILES string of the molecule is CCC(C)C1NC(=O)C(CC)N(CCc2ccsc2)C1=O. The van der Waals surface area contributed by atoms with Gasteiger partial charge in [0.25, 0.3) is 0 Å². The molecule has 1 aromatic heterocycles. The highest BCUT2D eigenvalue weighted by Gasteiger charge is 2.40. The molecule has 1 fully saturated rings. The minimum atomic E-state index is -0.368. The van der Waals surface area contributed by atoms with Gasteiger partial charge in [0.1, 0.15) is 12.1 Å². The Morgan fingerprint density at radius 1 is 1.38 bits per heavy atom. The molecule has 0 aromatic carbocycles. The van der Waals surface area contributed by atoms with Crippen LogP contribution in [0.25, 0.3) is 0 Å². The van der Waals surface area contributed by atoms with Crippen LogP contribution in [0.2, 0.25) is 0 Å². The highest BCUT2D eigenvalue weighted by molar-refractivity contribution is 7.07. The molecular formula is C16H24N2O2S. The number of rotatable bonds is 6. The molecule has 5 heteroatoms. The van der Waals surface area contributed by atoms with Crippen molar-refractivity contribution in [3.63, 3.8) is 0 Å². The Labute approximate surface area is 130 Å². The van der Waals surface area contributed by atoms with E-state index in [0.29, 0.717) is 13.0 Å². The number of nitrogens with zero attached hydrogens (tertiary/aromatic N) is 1. The molecule has 116 valence electrons. The lowest BCUT2D eigenvalue weighted by Gasteiger charge is -2.40. The van der Waals surface area contributed by atoms with Gasteiger partial charge in [-0.3, -0.25) is 9.59 Å². The molecule has 3 atom stereocenters. The summed E-state index contributed by atoms with van der Waals surface area (Å²) < 4.78 is 0. The fraction of sp³-hybridized carbons (Fsp3) is 0.625. The predicted octanol–water partition coefficient (Wildman–Crippen LogP) is 2.44. The summed E-state index contributed by atoms with van der Waals surface area (Å²) in [5.74, 6) is 0.238. The van der Waals surface area contributed by atoms with E-state index in [0.717, 1.165) is 12.8 Å². The summed E-state index contributed by atoms with van der Waals surface area (Å²) in [7, 11) is 0. The van der Waals surface area contributed by atoms with Crippen molar-refractivity contribution in [2.45, 2.75) is 52.1 Å². The van der Waals surface area contributed by atoms with Gasteiger partial charge in [0.15, 0.2) is 0 Å². The summed E-state index contributed by atoms with van der Waals surface area (Å²) in [6.07, 6.45) is 2.35. The number of carbonyl (C=O) groups excluding carboxylic acids is 2. The molecule has 4 nitrogen and oxygen atoms in total. The van der Waals surface area contributed by atoms with Crippen LogP contribution < -0.4 is 5.32 Å². The third kappa shape index (κ3) is 3.46. The van der Waals surface area contributed by atoms with Crippen molar-refractivity contribution in [1.82, 2.24) is 10.2 Å². The average molecular weight is 308 g/mol. The number of piperazine rings is 1.